The molecule has 2 N–H and O–H groups in total. The topological polar surface area (TPSA) is 102 Å². The summed E-state index contributed by atoms with van der Waals surface area (Å²) in [5.74, 6) is 0.0217. The zero-order valence-electron chi connectivity index (χ0n) is 14.1. The van der Waals surface area contributed by atoms with Crippen molar-refractivity contribution < 1.29 is 22.7 Å². The number of amides is 2. The highest BCUT2D eigenvalue weighted by Crippen LogP contribution is 2.47. The first-order valence-electron chi connectivity index (χ1n) is 8.40. The fourth-order valence-corrected chi connectivity index (χ4v) is 4.64. The molecule has 3 rings (SSSR count). The molecule has 136 valence electrons. The van der Waals surface area contributed by atoms with Crippen molar-refractivity contribution in [1.29, 1.82) is 0 Å². The second-order valence-electron chi connectivity index (χ2n) is 6.57. The molecule has 25 heavy (non-hydrogen) atoms. The van der Waals surface area contributed by atoms with Gasteiger partial charge in [-0.1, -0.05) is 0 Å². The molecule has 1 heterocycles. The van der Waals surface area contributed by atoms with E-state index in [2.05, 4.69) is 10.6 Å². The summed E-state index contributed by atoms with van der Waals surface area (Å²) in [6.07, 6.45) is 1.35. The number of nitrogens with one attached hydrogen (secondary N) is 2. The van der Waals surface area contributed by atoms with Crippen LogP contribution in [0.25, 0.3) is 0 Å². The monoisotopic (exact) mass is 366 g/mol. The van der Waals surface area contributed by atoms with Gasteiger partial charge in [-0.15, -0.1) is 0 Å². The van der Waals surface area contributed by atoms with E-state index in [1.165, 1.54) is 0 Å². The van der Waals surface area contributed by atoms with Gasteiger partial charge in [-0.3, -0.25) is 9.59 Å². The van der Waals surface area contributed by atoms with Crippen LogP contribution in [0.4, 0.5) is 5.69 Å². The zero-order valence-corrected chi connectivity index (χ0v) is 14.9. The van der Waals surface area contributed by atoms with E-state index in [4.69, 9.17) is 4.74 Å². The minimum Gasteiger partial charge on any atom is -0.494 e. The molecule has 1 aliphatic carbocycles. The minimum atomic E-state index is -3.07. The SMILES string of the molecule is CCOc1ccc(NC(=O)C2(C(=O)NC3CCS(=O)(=O)C3)CC2)cc1. The highest BCUT2D eigenvalue weighted by Gasteiger charge is 2.57. The highest BCUT2D eigenvalue weighted by atomic mass is 32.2. The van der Waals surface area contributed by atoms with Crippen LogP contribution in [0.1, 0.15) is 26.2 Å². The Bertz CT molecular complexity index is 769. The molecule has 1 atom stereocenters. The molecule has 1 aromatic carbocycles. The van der Waals surface area contributed by atoms with E-state index in [1.54, 1.807) is 24.3 Å². The second kappa shape index (κ2) is 6.67. The van der Waals surface area contributed by atoms with Gasteiger partial charge < -0.3 is 15.4 Å². The molecular weight excluding hydrogens is 344 g/mol. The Morgan fingerprint density at radius 2 is 1.88 bits per heavy atom. The number of rotatable bonds is 6. The molecule has 0 aromatic heterocycles. The molecule has 2 fully saturated rings. The van der Waals surface area contributed by atoms with Gasteiger partial charge in [0.1, 0.15) is 11.2 Å². The quantitative estimate of drug-likeness (QED) is 0.735. The standard InChI is InChI=1S/C17H22N2O5S/c1-2-24-14-5-3-12(4-6-14)18-15(20)17(8-9-17)16(21)19-13-7-10-25(22,23)11-13/h3-6,13H,2,7-11H2,1H3,(H,18,20)(H,19,21). The van der Waals surface area contributed by atoms with Gasteiger partial charge in [0.15, 0.2) is 9.84 Å². The Morgan fingerprint density at radius 3 is 2.40 bits per heavy atom. The lowest BCUT2D eigenvalue weighted by Crippen LogP contribution is -2.45. The van der Waals surface area contributed by atoms with Crippen LogP contribution in [0, 0.1) is 5.41 Å². The fourth-order valence-electron chi connectivity index (χ4n) is 2.97. The van der Waals surface area contributed by atoms with E-state index in [0.29, 0.717) is 37.3 Å². The molecule has 1 saturated heterocycles. The Kier molecular flexibility index (Phi) is 4.73. The summed E-state index contributed by atoms with van der Waals surface area (Å²) < 4.78 is 28.3. The number of benzene rings is 1. The lowest BCUT2D eigenvalue weighted by Gasteiger charge is -2.18. The number of anilines is 1. The molecule has 1 unspecified atom stereocenters. The van der Waals surface area contributed by atoms with Gasteiger partial charge in [0.25, 0.3) is 0 Å². The summed E-state index contributed by atoms with van der Waals surface area (Å²) in [7, 11) is -3.07. The number of carbonyl (C=O) groups excluding carboxylic acids is 2. The maximum absolute atomic E-state index is 12.5. The van der Waals surface area contributed by atoms with Gasteiger partial charge in [0.2, 0.25) is 11.8 Å². The van der Waals surface area contributed by atoms with Crippen molar-refractivity contribution in [2.45, 2.75) is 32.2 Å². The Hall–Kier alpha value is -2.09. The third kappa shape index (κ3) is 3.95. The van der Waals surface area contributed by atoms with Crippen LogP contribution >= 0.6 is 0 Å². The van der Waals surface area contributed by atoms with Gasteiger partial charge in [0.05, 0.1) is 18.1 Å². The summed E-state index contributed by atoms with van der Waals surface area (Å²) in [5.41, 5.74) is -0.485. The molecule has 2 amide bonds. The molecule has 0 bridgehead atoms. The predicted octanol–water partition coefficient (Wildman–Crippen LogP) is 1.11. The predicted molar refractivity (Wildman–Crippen MR) is 93.1 cm³/mol. The highest BCUT2D eigenvalue weighted by molar-refractivity contribution is 7.91. The van der Waals surface area contributed by atoms with Crippen molar-refractivity contribution in [3.05, 3.63) is 24.3 Å². The van der Waals surface area contributed by atoms with E-state index in [-0.39, 0.29) is 23.3 Å². The van der Waals surface area contributed by atoms with E-state index in [1.807, 2.05) is 6.92 Å². The zero-order chi connectivity index (χ0) is 18.1. The molecule has 1 aromatic rings. The summed E-state index contributed by atoms with van der Waals surface area (Å²) in [5, 5.41) is 5.49. The van der Waals surface area contributed by atoms with E-state index >= 15 is 0 Å². The molecule has 8 heteroatoms. The van der Waals surface area contributed by atoms with Crippen molar-refractivity contribution in [2.24, 2.45) is 5.41 Å². The average molecular weight is 366 g/mol. The lowest BCUT2D eigenvalue weighted by atomic mass is 10.0. The molecular formula is C17H22N2O5S. The van der Waals surface area contributed by atoms with Gasteiger partial charge in [-0.05, 0) is 50.5 Å². The second-order valence-corrected chi connectivity index (χ2v) is 8.80. The first kappa shape index (κ1) is 17.7. The maximum atomic E-state index is 12.5. The first-order valence-corrected chi connectivity index (χ1v) is 10.2. The molecule has 0 spiro atoms. The smallest absolute Gasteiger partial charge is 0.240 e. The normalized spacial score (nSPS) is 22.8. The minimum absolute atomic E-state index is 0.0463. The Morgan fingerprint density at radius 1 is 1.20 bits per heavy atom. The van der Waals surface area contributed by atoms with Crippen LogP contribution in [0.5, 0.6) is 5.75 Å². The third-order valence-corrected chi connectivity index (χ3v) is 6.38. The van der Waals surface area contributed by atoms with Crippen LogP contribution < -0.4 is 15.4 Å². The number of sulfone groups is 1. The van der Waals surface area contributed by atoms with Crippen molar-refractivity contribution in [1.82, 2.24) is 5.32 Å². The lowest BCUT2D eigenvalue weighted by molar-refractivity contribution is -0.134. The summed E-state index contributed by atoms with van der Waals surface area (Å²) in [6, 6.07) is 6.55. The number of hydrogen-bond donors (Lipinski definition) is 2. The van der Waals surface area contributed by atoms with Gasteiger partial charge in [-0.2, -0.15) is 0 Å². The van der Waals surface area contributed by atoms with Gasteiger partial charge in [0, 0.05) is 11.7 Å². The molecule has 7 nitrogen and oxygen atoms in total. The molecule has 1 aliphatic heterocycles. The molecule has 2 aliphatic rings. The maximum Gasteiger partial charge on any atom is 0.240 e. The van der Waals surface area contributed by atoms with E-state index < -0.39 is 21.3 Å². The number of carbonyl (C=O) groups is 2. The molecule has 1 saturated carbocycles. The summed E-state index contributed by atoms with van der Waals surface area (Å²) in [4.78, 5) is 25.0. The van der Waals surface area contributed by atoms with Crippen LogP contribution in [0.15, 0.2) is 24.3 Å². The van der Waals surface area contributed by atoms with Gasteiger partial charge in [-0.25, -0.2) is 8.42 Å². The Labute approximate surface area is 147 Å². The van der Waals surface area contributed by atoms with Crippen molar-refractivity contribution in [3.63, 3.8) is 0 Å². The summed E-state index contributed by atoms with van der Waals surface area (Å²) in [6.45, 7) is 2.45. The van der Waals surface area contributed by atoms with Gasteiger partial charge >= 0.3 is 0 Å². The average Bonchev–Trinajstić information content (AvgIpc) is 3.30. The van der Waals surface area contributed by atoms with E-state index in [9.17, 15) is 18.0 Å². The van der Waals surface area contributed by atoms with Crippen molar-refractivity contribution in [2.75, 3.05) is 23.4 Å². The van der Waals surface area contributed by atoms with Crippen LogP contribution in [-0.4, -0.2) is 44.4 Å². The van der Waals surface area contributed by atoms with Crippen LogP contribution in [0.2, 0.25) is 0 Å². The first-order chi connectivity index (χ1) is 11.8. The summed E-state index contributed by atoms with van der Waals surface area (Å²) >= 11 is 0. The van der Waals surface area contributed by atoms with Crippen LogP contribution in [0.3, 0.4) is 0 Å². The Balaban J connectivity index is 1.60. The number of hydrogen-bond acceptors (Lipinski definition) is 5. The van der Waals surface area contributed by atoms with Crippen molar-refractivity contribution >= 4 is 27.3 Å². The third-order valence-electron chi connectivity index (χ3n) is 4.61. The largest absolute Gasteiger partial charge is 0.494 e. The van der Waals surface area contributed by atoms with Crippen molar-refractivity contribution in [3.8, 4) is 5.75 Å². The number of ether oxygens (including phenoxy) is 1. The van der Waals surface area contributed by atoms with Crippen LogP contribution in [-0.2, 0) is 19.4 Å². The fraction of sp³-hybridized carbons (Fsp3) is 0.529. The molecule has 0 radical (unpaired) electrons. The van der Waals surface area contributed by atoms with E-state index in [0.717, 1.165) is 0 Å².